The van der Waals surface area contributed by atoms with Crippen molar-refractivity contribution in [3.8, 4) is 0 Å². The van der Waals surface area contributed by atoms with Crippen LogP contribution in [0.4, 0.5) is 0 Å². The summed E-state index contributed by atoms with van der Waals surface area (Å²) >= 11 is 0. The molecule has 1 heteroatoms. The monoisotopic (exact) mass is 218 g/mol. The lowest BCUT2D eigenvalue weighted by Gasteiger charge is -2.52. The second-order valence-corrected chi connectivity index (χ2v) is 7.17. The third kappa shape index (κ3) is 1.10. The van der Waals surface area contributed by atoms with E-state index in [0.29, 0.717) is 28.4 Å². The number of allylic oxidation sites excluding steroid dienone is 2. The van der Waals surface area contributed by atoms with E-state index in [4.69, 9.17) is 0 Å². The Morgan fingerprint density at radius 2 is 1.88 bits per heavy atom. The fourth-order valence-corrected chi connectivity index (χ4v) is 4.60. The third-order valence-corrected chi connectivity index (χ3v) is 5.59. The second kappa shape index (κ2) is 2.80. The third-order valence-electron chi connectivity index (χ3n) is 5.59. The molecule has 0 unspecified atom stereocenters. The molecule has 88 valence electrons. The van der Waals surface area contributed by atoms with Gasteiger partial charge < -0.3 is 0 Å². The van der Waals surface area contributed by atoms with Gasteiger partial charge in [0.15, 0.2) is 5.78 Å². The van der Waals surface area contributed by atoms with Crippen LogP contribution in [0.3, 0.4) is 0 Å². The van der Waals surface area contributed by atoms with Crippen LogP contribution in [-0.2, 0) is 4.79 Å². The fraction of sp³-hybridized carbons (Fsp3) is 0.800. The lowest BCUT2D eigenvalue weighted by molar-refractivity contribution is -0.123. The quantitative estimate of drug-likeness (QED) is 0.605. The maximum Gasteiger partial charge on any atom is 0.161 e. The second-order valence-electron chi connectivity index (χ2n) is 7.17. The number of Topliss-reactive ketones (excluding diaryl/α,β-unsaturated/α-hetero) is 1. The molecule has 3 rings (SSSR count). The molecule has 0 amide bonds. The largest absolute Gasteiger partial charge is 0.294 e. The predicted molar refractivity (Wildman–Crippen MR) is 65.0 cm³/mol. The Hall–Kier alpha value is -0.590. The number of hydrogen-bond acceptors (Lipinski definition) is 1. The van der Waals surface area contributed by atoms with Crippen molar-refractivity contribution in [3.63, 3.8) is 0 Å². The van der Waals surface area contributed by atoms with Crippen LogP contribution in [0.25, 0.3) is 0 Å². The van der Waals surface area contributed by atoms with Crippen LogP contribution < -0.4 is 0 Å². The van der Waals surface area contributed by atoms with E-state index >= 15 is 0 Å². The van der Waals surface area contributed by atoms with E-state index in [0.717, 1.165) is 12.0 Å². The molecule has 2 saturated carbocycles. The molecule has 0 aromatic heterocycles. The highest BCUT2D eigenvalue weighted by Gasteiger charge is 2.58. The van der Waals surface area contributed by atoms with Crippen molar-refractivity contribution in [2.75, 3.05) is 0 Å². The van der Waals surface area contributed by atoms with E-state index in [1.54, 1.807) is 0 Å². The van der Waals surface area contributed by atoms with Crippen LogP contribution in [0.1, 0.15) is 53.4 Å². The topological polar surface area (TPSA) is 17.1 Å². The van der Waals surface area contributed by atoms with Crippen LogP contribution in [-0.4, -0.2) is 5.78 Å². The van der Waals surface area contributed by atoms with E-state index in [1.807, 2.05) is 0 Å². The van der Waals surface area contributed by atoms with Crippen molar-refractivity contribution in [3.05, 3.63) is 11.1 Å². The Balaban J connectivity index is 2.07. The Morgan fingerprint density at radius 1 is 1.19 bits per heavy atom. The first-order valence-electron chi connectivity index (χ1n) is 6.60. The minimum atomic E-state index is 0.337. The molecule has 1 nitrogen and oxygen atoms in total. The Bertz CT molecular complexity index is 402. The van der Waals surface area contributed by atoms with Gasteiger partial charge in [0.25, 0.3) is 0 Å². The summed E-state index contributed by atoms with van der Waals surface area (Å²) in [5.41, 5.74) is 3.37. The Labute approximate surface area is 98.3 Å². The van der Waals surface area contributed by atoms with Crippen molar-refractivity contribution in [1.29, 1.82) is 0 Å². The molecule has 16 heavy (non-hydrogen) atoms. The van der Waals surface area contributed by atoms with Crippen molar-refractivity contribution in [2.24, 2.45) is 22.7 Å². The molecule has 0 bridgehead atoms. The summed E-state index contributed by atoms with van der Waals surface area (Å²) in [6.07, 6.45) is 4.84. The van der Waals surface area contributed by atoms with Gasteiger partial charge in [0, 0.05) is 5.92 Å². The van der Waals surface area contributed by atoms with Gasteiger partial charge in [-0.1, -0.05) is 26.3 Å². The summed E-state index contributed by atoms with van der Waals surface area (Å²) < 4.78 is 0. The van der Waals surface area contributed by atoms with Gasteiger partial charge in [-0.3, -0.25) is 4.79 Å². The Kier molecular flexibility index (Phi) is 1.85. The molecule has 3 atom stereocenters. The number of carbonyl (C=O) groups excluding carboxylic acids is 1. The molecule has 0 radical (unpaired) electrons. The summed E-state index contributed by atoms with van der Waals surface area (Å²) in [4.78, 5) is 12.4. The van der Waals surface area contributed by atoms with Crippen molar-refractivity contribution in [1.82, 2.24) is 0 Å². The molecule has 0 aromatic rings. The highest BCUT2D eigenvalue weighted by atomic mass is 16.1. The summed E-state index contributed by atoms with van der Waals surface area (Å²) in [6, 6.07) is 0. The molecule has 2 fully saturated rings. The molecule has 3 aliphatic rings. The zero-order valence-electron chi connectivity index (χ0n) is 10.9. The Morgan fingerprint density at radius 3 is 2.44 bits per heavy atom. The van der Waals surface area contributed by atoms with E-state index in [-0.39, 0.29) is 0 Å². The summed E-state index contributed by atoms with van der Waals surface area (Å²) in [6.45, 7) is 9.13. The lowest BCUT2D eigenvalue weighted by atomic mass is 9.51. The van der Waals surface area contributed by atoms with Gasteiger partial charge in [-0.15, -0.1) is 0 Å². The molecule has 0 aromatic carbocycles. The average molecular weight is 218 g/mol. The molecule has 0 heterocycles. The van der Waals surface area contributed by atoms with Gasteiger partial charge in [-0.2, -0.15) is 0 Å². The molecule has 0 N–H and O–H groups in total. The van der Waals surface area contributed by atoms with Gasteiger partial charge in [-0.25, -0.2) is 0 Å². The van der Waals surface area contributed by atoms with E-state index in [2.05, 4.69) is 27.7 Å². The van der Waals surface area contributed by atoms with Crippen molar-refractivity contribution in [2.45, 2.75) is 53.4 Å². The fourth-order valence-electron chi connectivity index (χ4n) is 4.60. The summed E-state index contributed by atoms with van der Waals surface area (Å²) in [7, 11) is 0. The minimum absolute atomic E-state index is 0.337. The smallest absolute Gasteiger partial charge is 0.161 e. The number of fused-ring (bicyclic) bond motifs is 3. The van der Waals surface area contributed by atoms with E-state index < -0.39 is 0 Å². The van der Waals surface area contributed by atoms with Crippen LogP contribution >= 0.6 is 0 Å². The van der Waals surface area contributed by atoms with Gasteiger partial charge in [0.1, 0.15) is 0 Å². The van der Waals surface area contributed by atoms with Gasteiger partial charge in [0.05, 0.1) is 0 Å². The number of carbonyl (C=O) groups is 1. The predicted octanol–water partition coefficient (Wildman–Crippen LogP) is 3.74. The maximum atomic E-state index is 12.4. The first kappa shape index (κ1) is 10.6. The van der Waals surface area contributed by atoms with Gasteiger partial charge in [-0.05, 0) is 54.9 Å². The lowest BCUT2D eigenvalue weighted by Crippen LogP contribution is -2.46. The first-order valence-corrected chi connectivity index (χ1v) is 6.60. The zero-order valence-corrected chi connectivity index (χ0v) is 10.9. The van der Waals surface area contributed by atoms with Crippen LogP contribution in [0.15, 0.2) is 11.1 Å². The maximum absolute atomic E-state index is 12.4. The molecule has 0 saturated heterocycles. The van der Waals surface area contributed by atoms with Gasteiger partial charge in [0.2, 0.25) is 0 Å². The van der Waals surface area contributed by atoms with E-state index in [1.165, 1.54) is 24.8 Å². The highest BCUT2D eigenvalue weighted by Crippen LogP contribution is 2.65. The van der Waals surface area contributed by atoms with Crippen molar-refractivity contribution < 1.29 is 4.79 Å². The zero-order chi connectivity index (χ0) is 11.7. The van der Waals surface area contributed by atoms with Crippen LogP contribution in [0.5, 0.6) is 0 Å². The van der Waals surface area contributed by atoms with Gasteiger partial charge >= 0.3 is 0 Å². The molecule has 0 aliphatic heterocycles. The van der Waals surface area contributed by atoms with Crippen molar-refractivity contribution >= 4 is 5.78 Å². The summed E-state index contributed by atoms with van der Waals surface area (Å²) in [5.74, 6) is 1.45. The SMILES string of the molecule is CC1=C2CC[C@]2(C)[C@H]2CC(C)(C)C[C@@H]2C1=O. The highest BCUT2D eigenvalue weighted by molar-refractivity contribution is 5.99. The number of ketones is 1. The average Bonchev–Trinajstić information content (AvgIpc) is 2.49. The molecular formula is C15H22O. The van der Waals surface area contributed by atoms with Crippen LogP contribution in [0, 0.1) is 22.7 Å². The minimum Gasteiger partial charge on any atom is -0.294 e. The first-order chi connectivity index (χ1) is 7.35. The molecular weight excluding hydrogens is 196 g/mol. The molecule has 0 spiro atoms. The van der Waals surface area contributed by atoms with Crippen LogP contribution in [0.2, 0.25) is 0 Å². The normalized spacial score (nSPS) is 45.1. The molecule has 3 aliphatic carbocycles. The summed E-state index contributed by atoms with van der Waals surface area (Å²) in [5, 5.41) is 0. The number of hydrogen-bond donors (Lipinski definition) is 0. The standard InChI is InChI=1S/C15H22O/c1-9-11-5-6-15(11,4)12-8-14(2,3)7-10(12)13(9)16/h10,12H,5-8H2,1-4H3/t10-,12-,15-/m0/s1. The number of rotatable bonds is 0. The van der Waals surface area contributed by atoms with E-state index in [9.17, 15) is 4.79 Å².